The highest BCUT2D eigenvalue weighted by atomic mass is 35.5. The topological polar surface area (TPSA) is 72.2 Å². The van der Waals surface area contributed by atoms with Gasteiger partial charge in [-0.05, 0) is 36.2 Å². The van der Waals surface area contributed by atoms with Crippen LogP contribution >= 0.6 is 11.6 Å². The van der Waals surface area contributed by atoms with Crippen molar-refractivity contribution in [2.75, 3.05) is 0 Å². The first-order valence-electron chi connectivity index (χ1n) is 6.46. The quantitative estimate of drug-likeness (QED) is 0.888. The standard InChI is InChI=1S/C15H17ClN2O2S/c1-11-3-2-4-12(7-11)10-18-21(19,20)14-5-6-15(16)13(8-14)9-17/h2-8,18H,9-10,17H2,1H3. The molecule has 0 saturated carbocycles. The summed E-state index contributed by atoms with van der Waals surface area (Å²) >= 11 is 5.94. The molecule has 21 heavy (non-hydrogen) atoms. The van der Waals surface area contributed by atoms with Gasteiger partial charge in [-0.1, -0.05) is 41.4 Å². The Hall–Kier alpha value is -1.40. The van der Waals surface area contributed by atoms with E-state index in [1.54, 1.807) is 6.07 Å². The van der Waals surface area contributed by atoms with Crippen LogP contribution in [0.5, 0.6) is 0 Å². The van der Waals surface area contributed by atoms with Crippen molar-refractivity contribution in [2.24, 2.45) is 5.73 Å². The lowest BCUT2D eigenvalue weighted by molar-refractivity contribution is 0.581. The Morgan fingerprint density at radius 1 is 1.19 bits per heavy atom. The second kappa shape index (κ2) is 6.58. The zero-order valence-electron chi connectivity index (χ0n) is 11.6. The van der Waals surface area contributed by atoms with Crippen LogP contribution in [0.3, 0.4) is 0 Å². The Morgan fingerprint density at radius 2 is 1.95 bits per heavy atom. The summed E-state index contributed by atoms with van der Waals surface area (Å²) in [6.45, 7) is 2.40. The monoisotopic (exact) mass is 324 g/mol. The van der Waals surface area contributed by atoms with Gasteiger partial charge in [0.1, 0.15) is 0 Å². The van der Waals surface area contributed by atoms with E-state index in [1.807, 2.05) is 31.2 Å². The molecule has 0 aliphatic rings. The average Bonchev–Trinajstić information content (AvgIpc) is 2.46. The van der Waals surface area contributed by atoms with Gasteiger partial charge < -0.3 is 5.73 Å². The number of aryl methyl sites for hydroxylation is 1. The fourth-order valence-electron chi connectivity index (χ4n) is 1.96. The smallest absolute Gasteiger partial charge is 0.240 e. The van der Waals surface area contributed by atoms with Crippen LogP contribution in [-0.4, -0.2) is 8.42 Å². The summed E-state index contributed by atoms with van der Waals surface area (Å²) in [5.74, 6) is 0. The molecule has 0 unspecified atom stereocenters. The summed E-state index contributed by atoms with van der Waals surface area (Å²) in [4.78, 5) is 0.167. The van der Waals surface area contributed by atoms with Crippen LogP contribution in [0, 0.1) is 6.92 Å². The molecule has 0 aliphatic carbocycles. The number of hydrogen-bond donors (Lipinski definition) is 2. The van der Waals surface area contributed by atoms with E-state index in [0.29, 0.717) is 10.6 Å². The maximum absolute atomic E-state index is 12.3. The molecule has 2 aromatic carbocycles. The number of halogens is 1. The number of rotatable bonds is 5. The van der Waals surface area contributed by atoms with Gasteiger partial charge in [0.15, 0.2) is 0 Å². The van der Waals surface area contributed by atoms with E-state index in [2.05, 4.69) is 4.72 Å². The Bertz CT molecular complexity index is 745. The van der Waals surface area contributed by atoms with Gasteiger partial charge in [-0.2, -0.15) is 0 Å². The maximum atomic E-state index is 12.3. The van der Waals surface area contributed by atoms with Crippen molar-refractivity contribution in [3.63, 3.8) is 0 Å². The van der Waals surface area contributed by atoms with E-state index in [9.17, 15) is 8.42 Å². The number of nitrogens with two attached hydrogens (primary N) is 1. The first-order chi connectivity index (χ1) is 9.92. The molecule has 0 bridgehead atoms. The minimum Gasteiger partial charge on any atom is -0.326 e. The van der Waals surface area contributed by atoms with Crippen molar-refractivity contribution in [3.05, 3.63) is 64.2 Å². The molecule has 0 fully saturated rings. The largest absolute Gasteiger partial charge is 0.326 e. The van der Waals surface area contributed by atoms with Gasteiger partial charge in [-0.3, -0.25) is 0 Å². The van der Waals surface area contributed by atoms with E-state index in [0.717, 1.165) is 11.1 Å². The summed E-state index contributed by atoms with van der Waals surface area (Å²) in [5, 5.41) is 0.468. The SMILES string of the molecule is Cc1cccc(CNS(=O)(=O)c2ccc(Cl)c(CN)c2)c1. The highest BCUT2D eigenvalue weighted by Crippen LogP contribution is 2.20. The van der Waals surface area contributed by atoms with Crippen LogP contribution in [0.2, 0.25) is 5.02 Å². The van der Waals surface area contributed by atoms with Gasteiger partial charge in [0, 0.05) is 18.1 Å². The number of benzene rings is 2. The van der Waals surface area contributed by atoms with E-state index in [-0.39, 0.29) is 18.0 Å². The molecule has 6 heteroatoms. The van der Waals surface area contributed by atoms with E-state index < -0.39 is 10.0 Å². The van der Waals surface area contributed by atoms with Crippen molar-refractivity contribution in [1.29, 1.82) is 0 Å². The molecule has 4 nitrogen and oxygen atoms in total. The predicted molar refractivity (Wildman–Crippen MR) is 84.5 cm³/mol. The fraction of sp³-hybridized carbons (Fsp3) is 0.200. The molecule has 0 saturated heterocycles. The zero-order valence-corrected chi connectivity index (χ0v) is 13.2. The molecule has 0 aliphatic heterocycles. The molecule has 0 aromatic heterocycles. The Morgan fingerprint density at radius 3 is 2.62 bits per heavy atom. The third-order valence-corrected chi connectivity index (χ3v) is 4.86. The van der Waals surface area contributed by atoms with Gasteiger partial charge in [-0.15, -0.1) is 0 Å². The Labute approximate surface area is 130 Å². The molecular formula is C15H17ClN2O2S. The second-order valence-electron chi connectivity index (χ2n) is 4.77. The van der Waals surface area contributed by atoms with Crippen LogP contribution in [0.25, 0.3) is 0 Å². The van der Waals surface area contributed by atoms with Crippen LogP contribution in [-0.2, 0) is 23.1 Å². The van der Waals surface area contributed by atoms with Gasteiger partial charge in [0.2, 0.25) is 10.0 Å². The summed E-state index contributed by atoms with van der Waals surface area (Å²) in [6, 6.07) is 12.2. The minimum atomic E-state index is -3.58. The third-order valence-electron chi connectivity index (χ3n) is 3.10. The molecule has 112 valence electrons. The number of nitrogens with one attached hydrogen (secondary N) is 1. The average molecular weight is 325 g/mol. The number of hydrogen-bond acceptors (Lipinski definition) is 3. The lowest BCUT2D eigenvalue weighted by atomic mass is 10.1. The second-order valence-corrected chi connectivity index (χ2v) is 6.95. The molecular weight excluding hydrogens is 308 g/mol. The van der Waals surface area contributed by atoms with Gasteiger partial charge in [0.05, 0.1) is 4.90 Å². The van der Waals surface area contributed by atoms with Crippen LogP contribution in [0.1, 0.15) is 16.7 Å². The Balaban J connectivity index is 2.18. The molecule has 0 radical (unpaired) electrons. The van der Waals surface area contributed by atoms with E-state index in [1.165, 1.54) is 12.1 Å². The molecule has 0 atom stereocenters. The van der Waals surface area contributed by atoms with Gasteiger partial charge in [-0.25, -0.2) is 13.1 Å². The first kappa shape index (κ1) is 16.0. The zero-order chi connectivity index (χ0) is 15.5. The van der Waals surface area contributed by atoms with Crippen LogP contribution in [0.4, 0.5) is 0 Å². The summed E-state index contributed by atoms with van der Waals surface area (Å²) < 4.78 is 27.1. The number of sulfonamides is 1. The first-order valence-corrected chi connectivity index (χ1v) is 8.32. The van der Waals surface area contributed by atoms with Crippen molar-refractivity contribution < 1.29 is 8.42 Å². The Kier molecular flexibility index (Phi) is 5.00. The van der Waals surface area contributed by atoms with Crippen molar-refractivity contribution in [2.45, 2.75) is 24.9 Å². The van der Waals surface area contributed by atoms with Gasteiger partial charge in [0.25, 0.3) is 0 Å². The van der Waals surface area contributed by atoms with Crippen molar-refractivity contribution >= 4 is 21.6 Å². The van der Waals surface area contributed by atoms with Crippen LogP contribution < -0.4 is 10.5 Å². The van der Waals surface area contributed by atoms with Gasteiger partial charge >= 0.3 is 0 Å². The molecule has 0 spiro atoms. The summed E-state index contributed by atoms with van der Waals surface area (Å²) in [7, 11) is -3.58. The highest BCUT2D eigenvalue weighted by Gasteiger charge is 2.15. The lowest BCUT2D eigenvalue weighted by Gasteiger charge is -2.09. The molecule has 0 amide bonds. The van der Waals surface area contributed by atoms with Crippen LogP contribution in [0.15, 0.2) is 47.4 Å². The molecule has 3 N–H and O–H groups in total. The minimum absolute atomic E-state index is 0.167. The molecule has 0 heterocycles. The fourth-order valence-corrected chi connectivity index (χ4v) is 3.22. The maximum Gasteiger partial charge on any atom is 0.240 e. The third kappa shape index (κ3) is 4.04. The highest BCUT2D eigenvalue weighted by molar-refractivity contribution is 7.89. The van der Waals surface area contributed by atoms with Crippen molar-refractivity contribution in [3.8, 4) is 0 Å². The normalized spacial score (nSPS) is 11.6. The van der Waals surface area contributed by atoms with E-state index >= 15 is 0 Å². The summed E-state index contributed by atoms with van der Waals surface area (Å²) in [6.07, 6.45) is 0. The summed E-state index contributed by atoms with van der Waals surface area (Å²) in [5.41, 5.74) is 8.15. The van der Waals surface area contributed by atoms with E-state index in [4.69, 9.17) is 17.3 Å². The predicted octanol–water partition coefficient (Wildman–Crippen LogP) is 2.59. The lowest BCUT2D eigenvalue weighted by Crippen LogP contribution is -2.23. The van der Waals surface area contributed by atoms with Crippen molar-refractivity contribution in [1.82, 2.24) is 4.72 Å². The molecule has 2 aromatic rings. The molecule has 2 rings (SSSR count).